The summed E-state index contributed by atoms with van der Waals surface area (Å²) in [4.78, 5) is 20.6. The highest BCUT2D eigenvalue weighted by atomic mass is 32.1. The standard InChI is InChI=1S/C16H15N3O2S/c1-10-3-4-14(21-10)16-19-13(9-22-16)15(20)18-11(2)12-5-7-17-8-6-12/h3-9,11H,1-2H3,(H,18,20). The molecule has 1 amide bonds. The van der Waals surface area contributed by atoms with E-state index >= 15 is 0 Å². The summed E-state index contributed by atoms with van der Waals surface area (Å²) in [6.07, 6.45) is 3.41. The molecule has 0 aromatic carbocycles. The second-order valence-corrected chi connectivity index (χ2v) is 5.78. The minimum atomic E-state index is -0.199. The third kappa shape index (κ3) is 3.07. The van der Waals surface area contributed by atoms with Crippen LogP contribution in [0.3, 0.4) is 0 Å². The summed E-state index contributed by atoms with van der Waals surface area (Å²) >= 11 is 1.39. The molecule has 0 fully saturated rings. The topological polar surface area (TPSA) is 68.0 Å². The highest BCUT2D eigenvalue weighted by Gasteiger charge is 2.16. The SMILES string of the molecule is Cc1ccc(-c2nc(C(=O)NC(C)c3ccncc3)cs2)o1. The van der Waals surface area contributed by atoms with Crippen molar-refractivity contribution in [2.45, 2.75) is 19.9 Å². The van der Waals surface area contributed by atoms with Gasteiger partial charge in [-0.1, -0.05) is 0 Å². The third-order valence-corrected chi connectivity index (χ3v) is 4.10. The second-order valence-electron chi connectivity index (χ2n) is 4.92. The number of aryl methyl sites for hydroxylation is 1. The zero-order chi connectivity index (χ0) is 15.5. The maximum absolute atomic E-state index is 12.3. The van der Waals surface area contributed by atoms with Crippen molar-refractivity contribution in [2.24, 2.45) is 0 Å². The molecule has 0 aliphatic rings. The van der Waals surface area contributed by atoms with Gasteiger partial charge in [-0.05, 0) is 43.7 Å². The van der Waals surface area contributed by atoms with E-state index < -0.39 is 0 Å². The van der Waals surface area contributed by atoms with Crippen LogP contribution in [0, 0.1) is 6.92 Å². The van der Waals surface area contributed by atoms with Crippen LogP contribution in [-0.4, -0.2) is 15.9 Å². The van der Waals surface area contributed by atoms with E-state index in [1.165, 1.54) is 11.3 Å². The zero-order valence-corrected chi connectivity index (χ0v) is 13.1. The monoisotopic (exact) mass is 313 g/mol. The van der Waals surface area contributed by atoms with Crippen LogP contribution in [0.15, 0.2) is 46.5 Å². The molecule has 5 nitrogen and oxygen atoms in total. The molecule has 0 aliphatic heterocycles. The van der Waals surface area contributed by atoms with Crippen LogP contribution in [0.4, 0.5) is 0 Å². The Hall–Kier alpha value is -2.47. The van der Waals surface area contributed by atoms with Gasteiger partial charge in [-0.25, -0.2) is 4.98 Å². The van der Waals surface area contributed by atoms with Gasteiger partial charge in [0.15, 0.2) is 10.8 Å². The first kappa shape index (κ1) is 14.5. The Morgan fingerprint density at radius 3 is 2.73 bits per heavy atom. The fourth-order valence-electron chi connectivity index (χ4n) is 2.05. The number of hydrogen-bond acceptors (Lipinski definition) is 5. The number of nitrogens with zero attached hydrogens (tertiary/aromatic N) is 2. The Morgan fingerprint density at radius 2 is 2.05 bits per heavy atom. The summed E-state index contributed by atoms with van der Waals surface area (Å²) in [5.41, 5.74) is 1.40. The summed E-state index contributed by atoms with van der Waals surface area (Å²) < 4.78 is 5.52. The van der Waals surface area contributed by atoms with E-state index in [9.17, 15) is 4.79 Å². The van der Waals surface area contributed by atoms with Gasteiger partial charge in [0.1, 0.15) is 11.5 Å². The Morgan fingerprint density at radius 1 is 1.27 bits per heavy atom. The largest absolute Gasteiger partial charge is 0.459 e. The Bertz CT molecular complexity index is 780. The molecule has 6 heteroatoms. The number of amides is 1. The van der Waals surface area contributed by atoms with Crippen LogP contribution < -0.4 is 5.32 Å². The minimum Gasteiger partial charge on any atom is -0.459 e. The molecule has 0 saturated heterocycles. The Labute approximate surface area is 132 Å². The number of aromatic nitrogens is 2. The summed E-state index contributed by atoms with van der Waals surface area (Å²) in [5.74, 6) is 1.31. The summed E-state index contributed by atoms with van der Waals surface area (Å²) in [7, 11) is 0. The first-order valence-corrected chi connectivity index (χ1v) is 7.74. The number of hydrogen-bond donors (Lipinski definition) is 1. The molecule has 0 saturated carbocycles. The van der Waals surface area contributed by atoms with Gasteiger partial charge in [0.2, 0.25) is 0 Å². The van der Waals surface area contributed by atoms with Gasteiger partial charge in [0, 0.05) is 17.8 Å². The number of carbonyl (C=O) groups is 1. The molecule has 3 aromatic rings. The highest BCUT2D eigenvalue weighted by molar-refractivity contribution is 7.13. The summed E-state index contributed by atoms with van der Waals surface area (Å²) in [6.45, 7) is 3.80. The van der Waals surface area contributed by atoms with E-state index in [1.807, 2.05) is 38.1 Å². The fraction of sp³-hybridized carbons (Fsp3) is 0.188. The van der Waals surface area contributed by atoms with Crippen molar-refractivity contribution in [3.8, 4) is 10.8 Å². The van der Waals surface area contributed by atoms with Crippen molar-refractivity contribution in [2.75, 3.05) is 0 Å². The predicted molar refractivity (Wildman–Crippen MR) is 84.7 cm³/mol. The molecule has 1 unspecified atom stereocenters. The smallest absolute Gasteiger partial charge is 0.271 e. The second kappa shape index (κ2) is 6.11. The summed E-state index contributed by atoms with van der Waals surface area (Å²) in [6, 6.07) is 7.38. The van der Waals surface area contributed by atoms with Crippen LogP contribution in [0.2, 0.25) is 0 Å². The Balaban J connectivity index is 1.72. The van der Waals surface area contributed by atoms with Crippen LogP contribution in [-0.2, 0) is 0 Å². The molecule has 3 heterocycles. The predicted octanol–water partition coefficient (Wildman–Crippen LogP) is 3.60. The van der Waals surface area contributed by atoms with E-state index in [4.69, 9.17) is 4.42 Å². The number of furan rings is 1. The van der Waals surface area contributed by atoms with E-state index in [-0.39, 0.29) is 11.9 Å². The van der Waals surface area contributed by atoms with Gasteiger partial charge in [-0.2, -0.15) is 0 Å². The van der Waals surface area contributed by atoms with Crippen molar-refractivity contribution < 1.29 is 9.21 Å². The van der Waals surface area contributed by atoms with Gasteiger partial charge in [0.25, 0.3) is 5.91 Å². The Kier molecular flexibility index (Phi) is 4.02. The van der Waals surface area contributed by atoms with Crippen LogP contribution in [0.25, 0.3) is 10.8 Å². The van der Waals surface area contributed by atoms with Gasteiger partial charge < -0.3 is 9.73 Å². The van der Waals surface area contributed by atoms with E-state index in [0.29, 0.717) is 16.5 Å². The van der Waals surface area contributed by atoms with Crippen molar-refractivity contribution >= 4 is 17.2 Å². The van der Waals surface area contributed by atoms with E-state index in [1.54, 1.807) is 17.8 Å². The van der Waals surface area contributed by atoms with Gasteiger partial charge in [0.05, 0.1) is 6.04 Å². The molecule has 3 aromatic heterocycles. The number of pyridine rings is 1. The number of nitrogens with one attached hydrogen (secondary N) is 1. The van der Waals surface area contributed by atoms with Crippen LogP contribution >= 0.6 is 11.3 Å². The van der Waals surface area contributed by atoms with Gasteiger partial charge in [-0.15, -0.1) is 11.3 Å². The first-order valence-electron chi connectivity index (χ1n) is 6.86. The lowest BCUT2D eigenvalue weighted by Gasteiger charge is -2.12. The third-order valence-electron chi connectivity index (χ3n) is 3.24. The van der Waals surface area contributed by atoms with E-state index in [2.05, 4.69) is 15.3 Å². The van der Waals surface area contributed by atoms with Crippen LogP contribution in [0.1, 0.15) is 34.8 Å². The molecule has 1 atom stereocenters. The van der Waals surface area contributed by atoms with E-state index in [0.717, 1.165) is 11.3 Å². The molecule has 0 radical (unpaired) electrons. The average Bonchev–Trinajstić information content (AvgIpc) is 3.16. The maximum atomic E-state index is 12.3. The van der Waals surface area contributed by atoms with Crippen molar-refractivity contribution in [1.29, 1.82) is 0 Å². The minimum absolute atomic E-state index is 0.105. The van der Waals surface area contributed by atoms with Crippen molar-refractivity contribution in [1.82, 2.24) is 15.3 Å². The van der Waals surface area contributed by atoms with Gasteiger partial charge in [-0.3, -0.25) is 9.78 Å². The normalized spacial score (nSPS) is 12.1. The molecular formula is C16H15N3O2S. The molecule has 1 N–H and O–H groups in total. The van der Waals surface area contributed by atoms with Crippen molar-refractivity contribution in [3.05, 3.63) is 59.1 Å². The highest BCUT2D eigenvalue weighted by Crippen LogP contribution is 2.25. The quantitative estimate of drug-likeness (QED) is 0.799. The van der Waals surface area contributed by atoms with Gasteiger partial charge >= 0.3 is 0 Å². The first-order chi connectivity index (χ1) is 10.6. The summed E-state index contributed by atoms with van der Waals surface area (Å²) in [5, 5.41) is 5.37. The van der Waals surface area contributed by atoms with Crippen molar-refractivity contribution in [3.63, 3.8) is 0 Å². The molecule has 22 heavy (non-hydrogen) atoms. The average molecular weight is 313 g/mol. The fourth-order valence-corrected chi connectivity index (χ4v) is 2.81. The molecule has 0 spiro atoms. The molecule has 0 aliphatic carbocycles. The lowest BCUT2D eigenvalue weighted by molar-refractivity contribution is 0.0935. The molecule has 3 rings (SSSR count). The molecular weight excluding hydrogens is 298 g/mol. The lowest BCUT2D eigenvalue weighted by atomic mass is 10.1. The zero-order valence-electron chi connectivity index (χ0n) is 12.2. The number of carbonyl (C=O) groups excluding carboxylic acids is 1. The maximum Gasteiger partial charge on any atom is 0.271 e. The molecule has 112 valence electrons. The molecule has 0 bridgehead atoms. The number of thiazole rings is 1. The number of rotatable bonds is 4. The lowest BCUT2D eigenvalue weighted by Crippen LogP contribution is -2.26. The van der Waals surface area contributed by atoms with Crippen LogP contribution in [0.5, 0.6) is 0 Å².